The Morgan fingerprint density at radius 1 is 1.20 bits per heavy atom. The molecule has 0 unspecified atom stereocenters. The molecule has 3 heterocycles. The van der Waals surface area contributed by atoms with E-state index in [1.807, 2.05) is 29.8 Å². The van der Waals surface area contributed by atoms with E-state index >= 15 is 0 Å². The summed E-state index contributed by atoms with van der Waals surface area (Å²) in [7, 11) is 1.90. The zero-order chi connectivity index (χ0) is 24.9. The molecule has 35 heavy (non-hydrogen) atoms. The van der Waals surface area contributed by atoms with Crippen molar-refractivity contribution in [2.45, 2.75) is 44.9 Å². The second-order valence-electron chi connectivity index (χ2n) is 9.18. The maximum Gasteiger partial charge on any atom is 0.308 e. The molecule has 1 fully saturated rings. The van der Waals surface area contributed by atoms with E-state index < -0.39 is 11.9 Å². The van der Waals surface area contributed by atoms with E-state index in [2.05, 4.69) is 15.9 Å². The molecule has 7 nitrogen and oxygen atoms in total. The summed E-state index contributed by atoms with van der Waals surface area (Å²) >= 11 is 6.07. The summed E-state index contributed by atoms with van der Waals surface area (Å²) in [5.74, 6) is -1.57. The Kier molecular flexibility index (Phi) is 7.72. The molecule has 1 aromatic carbocycles. The number of fused-ring (bicyclic) bond motifs is 1. The van der Waals surface area contributed by atoms with Gasteiger partial charge in [-0.05, 0) is 55.9 Å². The first-order chi connectivity index (χ1) is 16.9. The first-order valence-corrected chi connectivity index (χ1v) is 12.4. The Hall–Kier alpha value is -3.37. The number of hydrogen-bond donors (Lipinski definition) is 1. The van der Waals surface area contributed by atoms with E-state index in [-0.39, 0.29) is 12.5 Å². The van der Waals surface area contributed by atoms with Gasteiger partial charge in [-0.25, -0.2) is 9.83 Å². The van der Waals surface area contributed by atoms with Crippen LogP contribution in [0.4, 0.5) is 5.69 Å². The van der Waals surface area contributed by atoms with Crippen molar-refractivity contribution in [2.24, 2.45) is 13.0 Å². The van der Waals surface area contributed by atoms with Gasteiger partial charge in [-0.3, -0.25) is 9.59 Å². The van der Waals surface area contributed by atoms with Crippen LogP contribution >= 0.6 is 11.6 Å². The topological polar surface area (TPSA) is 79.8 Å². The van der Waals surface area contributed by atoms with E-state index in [1.54, 1.807) is 11.0 Å². The zero-order valence-corrected chi connectivity index (χ0v) is 20.6. The van der Waals surface area contributed by atoms with Gasteiger partial charge in [0.2, 0.25) is 5.69 Å². The number of rotatable bonds is 9. The molecule has 0 saturated carbocycles. The van der Waals surface area contributed by atoms with Crippen LogP contribution in [0.5, 0.6) is 0 Å². The van der Waals surface area contributed by atoms with Gasteiger partial charge >= 0.3 is 5.97 Å². The average Bonchev–Trinajstić information content (AvgIpc) is 3.44. The first kappa shape index (κ1) is 24.7. The lowest BCUT2D eigenvalue weighted by atomic mass is 10.0. The van der Waals surface area contributed by atoms with Gasteiger partial charge in [-0.2, -0.15) is 0 Å². The van der Waals surface area contributed by atoms with Crippen LogP contribution in [0.3, 0.4) is 0 Å². The van der Waals surface area contributed by atoms with Crippen LogP contribution in [0, 0.1) is 12.5 Å². The van der Waals surface area contributed by atoms with Gasteiger partial charge in [0.15, 0.2) is 0 Å². The molecular formula is C27H29ClN4O3. The van der Waals surface area contributed by atoms with Gasteiger partial charge in [0, 0.05) is 42.4 Å². The molecule has 2 aromatic heterocycles. The van der Waals surface area contributed by atoms with Crippen molar-refractivity contribution >= 4 is 40.2 Å². The van der Waals surface area contributed by atoms with Crippen LogP contribution in [0.1, 0.15) is 53.7 Å². The minimum atomic E-state index is -0.867. The lowest BCUT2D eigenvalue weighted by Crippen LogP contribution is -2.30. The molecule has 1 aliphatic rings. The number of aryl methyl sites for hydroxylation is 2. The van der Waals surface area contributed by atoms with E-state index in [4.69, 9.17) is 18.2 Å². The molecule has 1 aliphatic heterocycles. The number of carbonyl (C=O) groups is 2. The number of carboxylic acids is 1. The van der Waals surface area contributed by atoms with Crippen LogP contribution in [-0.2, 0) is 24.7 Å². The first-order valence-electron chi connectivity index (χ1n) is 12.0. The summed E-state index contributed by atoms with van der Waals surface area (Å²) in [6.45, 7) is 7.99. The third-order valence-corrected chi connectivity index (χ3v) is 7.05. The third kappa shape index (κ3) is 5.49. The summed E-state index contributed by atoms with van der Waals surface area (Å²) in [6.07, 6.45) is 7.79. The minimum absolute atomic E-state index is 0.167. The summed E-state index contributed by atoms with van der Waals surface area (Å²) in [6, 6.07) is 9.68. The minimum Gasteiger partial charge on any atom is -0.481 e. The molecule has 8 heteroatoms. The van der Waals surface area contributed by atoms with Crippen molar-refractivity contribution in [1.29, 1.82) is 0 Å². The largest absolute Gasteiger partial charge is 0.481 e. The summed E-state index contributed by atoms with van der Waals surface area (Å²) < 4.78 is 1.95. The van der Waals surface area contributed by atoms with Crippen LogP contribution in [0.15, 0.2) is 36.5 Å². The molecule has 4 rings (SSSR count). The Balaban J connectivity index is 1.48. The van der Waals surface area contributed by atoms with Crippen molar-refractivity contribution in [3.8, 4) is 0 Å². The number of halogens is 1. The second-order valence-corrected chi connectivity index (χ2v) is 9.61. The van der Waals surface area contributed by atoms with Crippen LogP contribution in [-0.4, -0.2) is 44.5 Å². The smallest absolute Gasteiger partial charge is 0.308 e. The Morgan fingerprint density at radius 3 is 2.66 bits per heavy atom. The molecule has 0 bridgehead atoms. The maximum absolute atomic E-state index is 13.6. The fraction of sp³-hybridized carbons (Fsp3) is 0.407. The summed E-state index contributed by atoms with van der Waals surface area (Å²) in [4.78, 5) is 34.6. The Morgan fingerprint density at radius 2 is 1.97 bits per heavy atom. The molecule has 0 radical (unpaired) electrons. The fourth-order valence-electron chi connectivity index (χ4n) is 4.91. The number of amides is 1. The van der Waals surface area contributed by atoms with Crippen molar-refractivity contribution in [3.63, 3.8) is 0 Å². The molecule has 0 spiro atoms. The molecule has 0 aliphatic carbocycles. The lowest BCUT2D eigenvalue weighted by molar-refractivity contribution is -0.141. The van der Waals surface area contributed by atoms with Crippen molar-refractivity contribution in [2.75, 3.05) is 13.1 Å². The van der Waals surface area contributed by atoms with E-state index in [1.165, 1.54) is 11.8 Å². The van der Waals surface area contributed by atoms with Gasteiger partial charge < -0.3 is 14.6 Å². The molecule has 1 atom stereocenters. The number of carbonyl (C=O) groups excluding carboxylic acids is 1. The SMILES string of the molecule is [C-]#[N+]c1cnc2c(c1)c(C(=O)N1CC[C@H](C(=O)O)C1)c(CCCCCCc1cccc(Cl)c1)n2C. The quantitative estimate of drug-likeness (QED) is 0.308. The van der Waals surface area contributed by atoms with Crippen molar-refractivity contribution in [1.82, 2.24) is 14.5 Å². The van der Waals surface area contributed by atoms with Crippen LogP contribution in [0.2, 0.25) is 5.02 Å². The van der Waals surface area contributed by atoms with Gasteiger partial charge in [0.1, 0.15) is 5.65 Å². The van der Waals surface area contributed by atoms with Crippen LogP contribution in [0.25, 0.3) is 15.9 Å². The molecule has 182 valence electrons. The van der Waals surface area contributed by atoms with Gasteiger partial charge in [-0.15, -0.1) is 0 Å². The monoisotopic (exact) mass is 492 g/mol. The maximum atomic E-state index is 13.6. The number of nitrogens with zero attached hydrogens (tertiary/aromatic N) is 4. The highest BCUT2D eigenvalue weighted by Crippen LogP contribution is 2.31. The number of hydrogen-bond acceptors (Lipinski definition) is 3. The predicted octanol–water partition coefficient (Wildman–Crippen LogP) is 5.67. The highest BCUT2D eigenvalue weighted by atomic mass is 35.5. The lowest BCUT2D eigenvalue weighted by Gasteiger charge is -2.17. The number of aliphatic carboxylic acids is 1. The fourth-order valence-corrected chi connectivity index (χ4v) is 5.13. The normalized spacial score (nSPS) is 15.5. The number of benzene rings is 1. The zero-order valence-electron chi connectivity index (χ0n) is 19.8. The average molecular weight is 493 g/mol. The molecule has 3 aromatic rings. The number of carboxylic acid groups (broad SMARTS) is 1. The highest BCUT2D eigenvalue weighted by Gasteiger charge is 2.34. The molecule has 1 N–H and O–H groups in total. The third-order valence-electron chi connectivity index (χ3n) is 6.82. The second kappa shape index (κ2) is 10.9. The summed E-state index contributed by atoms with van der Waals surface area (Å²) in [5.41, 5.74) is 3.75. The van der Waals surface area contributed by atoms with Crippen molar-refractivity contribution < 1.29 is 14.7 Å². The van der Waals surface area contributed by atoms with Gasteiger partial charge in [-0.1, -0.05) is 36.6 Å². The number of pyridine rings is 1. The van der Waals surface area contributed by atoms with E-state index in [9.17, 15) is 14.7 Å². The molecule has 1 amide bonds. The van der Waals surface area contributed by atoms with E-state index in [0.717, 1.165) is 42.8 Å². The number of unbranched alkanes of at least 4 members (excludes halogenated alkanes) is 3. The van der Waals surface area contributed by atoms with Gasteiger partial charge in [0.05, 0.1) is 18.1 Å². The van der Waals surface area contributed by atoms with Gasteiger partial charge in [0.25, 0.3) is 5.91 Å². The molecular weight excluding hydrogens is 464 g/mol. The molecule has 1 saturated heterocycles. The summed E-state index contributed by atoms with van der Waals surface area (Å²) in [5, 5.41) is 10.8. The number of aromatic nitrogens is 2. The number of likely N-dealkylation sites (tertiary alicyclic amines) is 1. The Labute approximate surface area is 210 Å². The van der Waals surface area contributed by atoms with Crippen molar-refractivity contribution in [3.05, 3.63) is 69.8 Å². The predicted molar refractivity (Wildman–Crippen MR) is 136 cm³/mol. The highest BCUT2D eigenvalue weighted by molar-refractivity contribution is 6.30. The Bertz CT molecular complexity index is 1290. The van der Waals surface area contributed by atoms with E-state index in [0.29, 0.717) is 41.7 Å². The standard InChI is InChI=1S/C27H29ClN4O3/c1-29-21-15-22-24(26(33)32-13-12-19(17-32)27(34)35)23(31(2)25(22)30-16-21)11-6-4-3-5-8-18-9-7-10-20(28)14-18/h7,9-10,14-16,19H,3-6,8,11-13,17H2,2H3,(H,34,35)/t19-/m0/s1. The van der Waals surface area contributed by atoms with Crippen LogP contribution < -0.4 is 0 Å².